The first-order valence-corrected chi connectivity index (χ1v) is 14.1. The lowest BCUT2D eigenvalue weighted by atomic mass is 9.86. The normalized spacial score (nSPS) is 23.2. The van der Waals surface area contributed by atoms with Crippen molar-refractivity contribution in [2.24, 2.45) is 0 Å². The fourth-order valence-corrected chi connectivity index (χ4v) is 8.45. The summed E-state index contributed by atoms with van der Waals surface area (Å²) >= 11 is 2.10. The predicted molar refractivity (Wildman–Crippen MR) is 132 cm³/mol. The number of thiophene rings is 2. The summed E-state index contributed by atoms with van der Waals surface area (Å²) in [4.78, 5) is 26.0. The Morgan fingerprint density at radius 3 is 1.32 bits per heavy atom. The SMILES string of the molecule is Cc1sc2c(c1C1=C(c3c(C)sc4c3CCCCC(=O)C4)C(F)(F)C(F)(F)C1(F)F)CCCCC(=O)C2. The Hall–Kier alpha value is -1.94. The summed E-state index contributed by atoms with van der Waals surface area (Å²) in [6.45, 7) is 2.93. The van der Waals surface area contributed by atoms with Crippen LogP contribution in [0.25, 0.3) is 11.1 Å². The molecule has 0 aliphatic heterocycles. The molecule has 3 aliphatic rings. The molecule has 2 nitrogen and oxygen atoms in total. The molecule has 0 saturated heterocycles. The summed E-state index contributed by atoms with van der Waals surface area (Å²) in [5, 5.41) is 0. The van der Waals surface area contributed by atoms with E-state index in [-0.39, 0.29) is 58.1 Å². The van der Waals surface area contributed by atoms with Crippen LogP contribution in [0.2, 0.25) is 0 Å². The van der Waals surface area contributed by atoms with Gasteiger partial charge in [0.15, 0.2) is 0 Å². The van der Waals surface area contributed by atoms with Gasteiger partial charge in [0.25, 0.3) is 0 Å². The van der Waals surface area contributed by atoms with Crippen LogP contribution in [0, 0.1) is 13.8 Å². The standard InChI is InChI=1S/C27H26F6O2S2/c1-13-21(17-9-5-3-7-15(34)11-19(17)36-13)23-24(26(30,31)27(32,33)25(23,28)29)22-14(2)37-20-12-16(35)8-4-6-10-18(20)22/h3-12H2,1-2H3. The highest BCUT2D eigenvalue weighted by Crippen LogP contribution is 2.66. The molecule has 3 aliphatic carbocycles. The molecule has 0 aromatic carbocycles. The minimum Gasteiger partial charge on any atom is -0.299 e. The van der Waals surface area contributed by atoms with Gasteiger partial charge in [0, 0.05) is 67.5 Å². The smallest absolute Gasteiger partial charge is 0.299 e. The Morgan fingerprint density at radius 2 is 0.946 bits per heavy atom. The molecule has 10 heteroatoms. The summed E-state index contributed by atoms with van der Waals surface area (Å²) in [7, 11) is 0. The Morgan fingerprint density at radius 1 is 0.595 bits per heavy atom. The second-order valence-corrected chi connectivity index (χ2v) is 12.8. The van der Waals surface area contributed by atoms with E-state index < -0.39 is 28.9 Å². The van der Waals surface area contributed by atoms with Crippen molar-refractivity contribution in [1.82, 2.24) is 0 Å². The maximum atomic E-state index is 15.7. The lowest BCUT2D eigenvalue weighted by Gasteiger charge is -2.26. The molecule has 0 atom stereocenters. The molecule has 0 fully saturated rings. The first kappa shape index (κ1) is 26.7. The summed E-state index contributed by atoms with van der Waals surface area (Å²) in [6, 6.07) is 0. The van der Waals surface area contributed by atoms with Crippen molar-refractivity contribution in [2.75, 3.05) is 0 Å². The van der Waals surface area contributed by atoms with Crippen LogP contribution in [0.3, 0.4) is 0 Å². The number of allylic oxidation sites excluding steroid dienone is 2. The van der Waals surface area contributed by atoms with Crippen LogP contribution in [0.15, 0.2) is 0 Å². The monoisotopic (exact) mass is 560 g/mol. The molecule has 0 unspecified atom stereocenters. The third-order valence-electron chi connectivity index (χ3n) is 7.68. The second-order valence-electron chi connectivity index (χ2n) is 10.2. The van der Waals surface area contributed by atoms with Crippen LogP contribution in [0.5, 0.6) is 0 Å². The largest absolute Gasteiger partial charge is 0.380 e. The van der Waals surface area contributed by atoms with Gasteiger partial charge in [-0.05, 0) is 63.5 Å². The van der Waals surface area contributed by atoms with Gasteiger partial charge in [0.2, 0.25) is 0 Å². The van der Waals surface area contributed by atoms with E-state index >= 15 is 26.3 Å². The van der Waals surface area contributed by atoms with Gasteiger partial charge in [-0.3, -0.25) is 9.59 Å². The maximum Gasteiger partial charge on any atom is 0.380 e. The van der Waals surface area contributed by atoms with Crippen LogP contribution in [-0.2, 0) is 35.3 Å². The van der Waals surface area contributed by atoms with Crippen LogP contribution < -0.4 is 0 Å². The van der Waals surface area contributed by atoms with Crippen LogP contribution in [-0.4, -0.2) is 29.3 Å². The number of hydrogen-bond acceptors (Lipinski definition) is 4. The van der Waals surface area contributed by atoms with Crippen molar-refractivity contribution in [2.45, 2.75) is 95.8 Å². The van der Waals surface area contributed by atoms with Gasteiger partial charge in [0.1, 0.15) is 11.6 Å². The zero-order valence-electron chi connectivity index (χ0n) is 20.5. The van der Waals surface area contributed by atoms with Crippen molar-refractivity contribution in [3.63, 3.8) is 0 Å². The van der Waals surface area contributed by atoms with E-state index in [1.807, 2.05) is 0 Å². The second kappa shape index (κ2) is 9.07. The van der Waals surface area contributed by atoms with Gasteiger partial charge in [-0.15, -0.1) is 22.7 Å². The summed E-state index contributed by atoms with van der Waals surface area (Å²) in [6.07, 6.45) is 3.13. The van der Waals surface area contributed by atoms with Crippen LogP contribution >= 0.6 is 22.7 Å². The number of fused-ring (bicyclic) bond motifs is 2. The van der Waals surface area contributed by atoms with Gasteiger partial charge >= 0.3 is 17.8 Å². The molecule has 2 heterocycles. The van der Waals surface area contributed by atoms with Crippen molar-refractivity contribution < 1.29 is 35.9 Å². The molecule has 0 spiro atoms. The highest BCUT2D eigenvalue weighted by Gasteiger charge is 2.80. The molecule has 0 radical (unpaired) electrons. The van der Waals surface area contributed by atoms with Crippen LogP contribution in [0.1, 0.15) is 80.3 Å². The van der Waals surface area contributed by atoms with Gasteiger partial charge in [-0.25, -0.2) is 0 Å². The Kier molecular flexibility index (Phi) is 6.54. The molecule has 0 amide bonds. The van der Waals surface area contributed by atoms with E-state index in [0.29, 0.717) is 59.4 Å². The zero-order valence-corrected chi connectivity index (χ0v) is 22.1. The molecule has 200 valence electrons. The number of carbonyl (C=O) groups excluding carboxylic acids is 2. The molecule has 37 heavy (non-hydrogen) atoms. The number of alkyl halides is 6. The number of rotatable bonds is 2. The van der Waals surface area contributed by atoms with E-state index in [9.17, 15) is 9.59 Å². The lowest BCUT2D eigenvalue weighted by molar-refractivity contribution is -0.254. The van der Waals surface area contributed by atoms with E-state index in [1.54, 1.807) is 0 Å². The maximum absolute atomic E-state index is 15.7. The van der Waals surface area contributed by atoms with E-state index in [0.717, 1.165) is 22.7 Å². The zero-order chi connectivity index (χ0) is 26.9. The average molecular weight is 561 g/mol. The Bertz CT molecular complexity index is 1230. The van der Waals surface area contributed by atoms with E-state index in [4.69, 9.17) is 0 Å². The quantitative estimate of drug-likeness (QED) is 0.350. The number of hydrogen-bond donors (Lipinski definition) is 0. The molecule has 0 saturated carbocycles. The number of ketones is 2. The number of carbonyl (C=O) groups is 2. The Labute approximate surface area is 218 Å². The molecular weight excluding hydrogens is 534 g/mol. The summed E-state index contributed by atoms with van der Waals surface area (Å²) in [5.41, 5.74) is -2.53. The summed E-state index contributed by atoms with van der Waals surface area (Å²) in [5.74, 6) is -16.1. The Balaban J connectivity index is 1.85. The van der Waals surface area contributed by atoms with Crippen molar-refractivity contribution in [3.05, 3.63) is 41.8 Å². The predicted octanol–water partition coefficient (Wildman–Crippen LogP) is 7.93. The molecule has 2 aromatic heterocycles. The fraction of sp³-hybridized carbons (Fsp3) is 0.556. The third kappa shape index (κ3) is 3.96. The molecule has 0 N–H and O–H groups in total. The minimum absolute atomic E-state index is 0.0171. The first-order chi connectivity index (χ1) is 17.3. The highest BCUT2D eigenvalue weighted by atomic mass is 32.1. The number of halogens is 6. The first-order valence-electron chi connectivity index (χ1n) is 12.4. The van der Waals surface area contributed by atoms with E-state index in [1.165, 1.54) is 13.8 Å². The summed E-state index contributed by atoms with van der Waals surface area (Å²) < 4.78 is 92.8. The number of aryl methyl sites for hydroxylation is 2. The topological polar surface area (TPSA) is 34.1 Å². The average Bonchev–Trinajstić information content (AvgIpc) is 3.26. The van der Waals surface area contributed by atoms with Crippen LogP contribution in [0.4, 0.5) is 26.3 Å². The van der Waals surface area contributed by atoms with E-state index in [2.05, 4.69) is 0 Å². The third-order valence-corrected chi connectivity index (χ3v) is 9.98. The number of Topliss-reactive ketones (excluding diaryl/α,β-unsaturated/α-hetero) is 2. The molecule has 5 rings (SSSR count). The fourth-order valence-electron chi connectivity index (χ4n) is 5.94. The van der Waals surface area contributed by atoms with Crippen molar-refractivity contribution in [3.8, 4) is 0 Å². The van der Waals surface area contributed by atoms with Gasteiger partial charge in [-0.1, -0.05) is 0 Å². The van der Waals surface area contributed by atoms with Crippen molar-refractivity contribution in [1.29, 1.82) is 0 Å². The lowest BCUT2D eigenvalue weighted by Crippen LogP contribution is -2.49. The van der Waals surface area contributed by atoms with Gasteiger partial charge < -0.3 is 0 Å². The highest BCUT2D eigenvalue weighted by molar-refractivity contribution is 7.13. The molecule has 2 aromatic rings. The van der Waals surface area contributed by atoms with Gasteiger partial charge in [-0.2, -0.15) is 26.3 Å². The molecular formula is C27H26F6O2S2. The minimum atomic E-state index is -5.64. The van der Waals surface area contributed by atoms with Crippen molar-refractivity contribution >= 4 is 45.4 Å². The van der Waals surface area contributed by atoms with Gasteiger partial charge in [0.05, 0.1) is 0 Å². The molecule has 0 bridgehead atoms.